The van der Waals surface area contributed by atoms with Gasteiger partial charge in [-0.1, -0.05) is 6.42 Å². The molecular weight excluding hydrogens is 110 g/mol. The Bertz CT molecular complexity index is 111. The molecule has 2 rings (SSSR count). The molecule has 2 fully saturated rings. The topological polar surface area (TPSA) is 26.0 Å². The van der Waals surface area contributed by atoms with Crippen LogP contribution in [0, 0.1) is 17.8 Å². The average molecular weight is 125 g/mol. The molecule has 0 radical (unpaired) electrons. The van der Waals surface area contributed by atoms with Crippen LogP contribution in [-0.4, -0.2) is 6.54 Å². The summed E-state index contributed by atoms with van der Waals surface area (Å²) < 4.78 is 0. The summed E-state index contributed by atoms with van der Waals surface area (Å²) in [6.07, 6.45) is 5.93. The lowest BCUT2D eigenvalue weighted by molar-refractivity contribution is 0.341. The van der Waals surface area contributed by atoms with Crippen LogP contribution in [0.2, 0.25) is 0 Å². The Morgan fingerprint density at radius 2 is 2.11 bits per heavy atom. The smallest absolute Gasteiger partial charge is 0.00461 e. The summed E-state index contributed by atoms with van der Waals surface area (Å²) in [6, 6.07) is 0. The Labute approximate surface area is 56.6 Å². The third-order valence-electron chi connectivity index (χ3n) is 3.19. The average Bonchev–Trinajstić information content (AvgIpc) is 2.45. The molecule has 0 aromatic carbocycles. The molecule has 0 spiro atoms. The van der Waals surface area contributed by atoms with Gasteiger partial charge in [-0.15, -0.1) is 0 Å². The van der Waals surface area contributed by atoms with Gasteiger partial charge in [-0.05, 0) is 43.6 Å². The monoisotopic (exact) mass is 125 g/mol. The van der Waals surface area contributed by atoms with Crippen molar-refractivity contribution in [2.45, 2.75) is 25.7 Å². The lowest BCUT2D eigenvalue weighted by Crippen LogP contribution is -2.19. The van der Waals surface area contributed by atoms with E-state index in [9.17, 15) is 0 Å². The zero-order valence-corrected chi connectivity index (χ0v) is 5.84. The molecule has 2 bridgehead atoms. The molecule has 3 atom stereocenters. The molecule has 0 aliphatic heterocycles. The summed E-state index contributed by atoms with van der Waals surface area (Å²) in [4.78, 5) is 0. The standard InChI is InChI=1S/C8H15N/c9-5-8-4-6-1-2-7(8)3-6/h6-8H,1-5,9H2/t6-,7+,8?/m0/s1. The van der Waals surface area contributed by atoms with Crippen molar-refractivity contribution in [3.05, 3.63) is 0 Å². The second-order valence-corrected chi connectivity index (χ2v) is 3.67. The van der Waals surface area contributed by atoms with E-state index in [1.165, 1.54) is 25.7 Å². The summed E-state index contributed by atoms with van der Waals surface area (Å²) in [5, 5.41) is 0. The van der Waals surface area contributed by atoms with E-state index in [0.717, 1.165) is 24.3 Å². The first-order chi connectivity index (χ1) is 4.40. The van der Waals surface area contributed by atoms with E-state index in [4.69, 9.17) is 5.73 Å². The van der Waals surface area contributed by atoms with Crippen molar-refractivity contribution in [2.75, 3.05) is 6.54 Å². The van der Waals surface area contributed by atoms with Crippen LogP contribution in [0.1, 0.15) is 25.7 Å². The molecule has 52 valence electrons. The van der Waals surface area contributed by atoms with Gasteiger partial charge in [0.05, 0.1) is 0 Å². The fraction of sp³-hybridized carbons (Fsp3) is 1.00. The van der Waals surface area contributed by atoms with Crippen molar-refractivity contribution in [3.63, 3.8) is 0 Å². The molecule has 1 nitrogen and oxygen atoms in total. The van der Waals surface area contributed by atoms with E-state index in [-0.39, 0.29) is 0 Å². The highest BCUT2D eigenvalue weighted by Crippen LogP contribution is 2.47. The van der Waals surface area contributed by atoms with Crippen LogP contribution in [0.3, 0.4) is 0 Å². The highest BCUT2D eigenvalue weighted by molar-refractivity contribution is 4.89. The van der Waals surface area contributed by atoms with Crippen molar-refractivity contribution in [3.8, 4) is 0 Å². The van der Waals surface area contributed by atoms with Crippen molar-refractivity contribution in [1.82, 2.24) is 0 Å². The fourth-order valence-corrected chi connectivity index (χ4v) is 2.67. The van der Waals surface area contributed by atoms with Crippen LogP contribution in [0.5, 0.6) is 0 Å². The van der Waals surface area contributed by atoms with Crippen LogP contribution >= 0.6 is 0 Å². The highest BCUT2D eigenvalue weighted by atomic mass is 14.6. The molecule has 0 aromatic heterocycles. The third-order valence-corrected chi connectivity index (χ3v) is 3.19. The summed E-state index contributed by atoms with van der Waals surface area (Å²) in [7, 11) is 0. The predicted octanol–water partition coefficient (Wildman–Crippen LogP) is 1.38. The minimum Gasteiger partial charge on any atom is -0.330 e. The van der Waals surface area contributed by atoms with Crippen molar-refractivity contribution < 1.29 is 0 Å². The lowest BCUT2D eigenvalue weighted by atomic mass is 9.89. The fourth-order valence-electron chi connectivity index (χ4n) is 2.67. The SMILES string of the molecule is NCC1C[C@H]2CC[C@@H]1C2. The van der Waals surface area contributed by atoms with Gasteiger partial charge in [0.1, 0.15) is 0 Å². The molecule has 1 heteroatoms. The van der Waals surface area contributed by atoms with E-state index in [2.05, 4.69) is 0 Å². The molecule has 0 heterocycles. The predicted molar refractivity (Wildman–Crippen MR) is 38.0 cm³/mol. The van der Waals surface area contributed by atoms with E-state index in [1.54, 1.807) is 0 Å². The molecule has 1 unspecified atom stereocenters. The first-order valence-electron chi connectivity index (χ1n) is 4.10. The highest BCUT2D eigenvalue weighted by Gasteiger charge is 2.38. The maximum atomic E-state index is 5.62. The number of nitrogens with two attached hydrogens (primary N) is 1. The second kappa shape index (κ2) is 1.98. The van der Waals surface area contributed by atoms with Crippen molar-refractivity contribution >= 4 is 0 Å². The molecular formula is C8H15N. The van der Waals surface area contributed by atoms with Gasteiger partial charge in [0.25, 0.3) is 0 Å². The van der Waals surface area contributed by atoms with E-state index in [1.807, 2.05) is 0 Å². The Morgan fingerprint density at radius 1 is 1.22 bits per heavy atom. The number of hydrogen-bond donors (Lipinski definition) is 1. The maximum Gasteiger partial charge on any atom is -0.00461 e. The van der Waals surface area contributed by atoms with Gasteiger partial charge < -0.3 is 5.73 Å². The second-order valence-electron chi connectivity index (χ2n) is 3.67. The molecule has 0 aromatic rings. The first-order valence-corrected chi connectivity index (χ1v) is 4.10. The van der Waals surface area contributed by atoms with Crippen LogP contribution in [-0.2, 0) is 0 Å². The molecule has 2 aliphatic rings. The normalized spacial score (nSPS) is 48.3. The quantitative estimate of drug-likeness (QED) is 0.563. The van der Waals surface area contributed by atoms with Gasteiger partial charge in [-0.3, -0.25) is 0 Å². The van der Waals surface area contributed by atoms with Gasteiger partial charge in [-0.25, -0.2) is 0 Å². The Balaban J connectivity index is 2.01. The first kappa shape index (κ1) is 5.72. The van der Waals surface area contributed by atoms with Crippen molar-refractivity contribution in [1.29, 1.82) is 0 Å². The number of rotatable bonds is 1. The maximum absolute atomic E-state index is 5.62. The van der Waals surface area contributed by atoms with Gasteiger partial charge >= 0.3 is 0 Å². The molecule has 2 saturated carbocycles. The minimum absolute atomic E-state index is 0.906. The van der Waals surface area contributed by atoms with Gasteiger partial charge in [0.15, 0.2) is 0 Å². The molecule has 0 amide bonds. The van der Waals surface area contributed by atoms with Gasteiger partial charge in [-0.2, -0.15) is 0 Å². The summed E-state index contributed by atoms with van der Waals surface area (Å²) in [5.41, 5.74) is 5.62. The lowest BCUT2D eigenvalue weighted by Gasteiger charge is -2.18. The zero-order chi connectivity index (χ0) is 6.27. The summed E-state index contributed by atoms with van der Waals surface area (Å²) >= 11 is 0. The van der Waals surface area contributed by atoms with Crippen LogP contribution in [0.15, 0.2) is 0 Å². The van der Waals surface area contributed by atoms with E-state index in [0.29, 0.717) is 0 Å². The van der Waals surface area contributed by atoms with E-state index < -0.39 is 0 Å². The molecule has 2 aliphatic carbocycles. The number of fused-ring (bicyclic) bond motifs is 2. The van der Waals surface area contributed by atoms with Gasteiger partial charge in [0.2, 0.25) is 0 Å². The Morgan fingerprint density at radius 3 is 2.44 bits per heavy atom. The molecule has 9 heavy (non-hydrogen) atoms. The summed E-state index contributed by atoms with van der Waals surface area (Å²) in [5.74, 6) is 3.01. The van der Waals surface area contributed by atoms with Crippen LogP contribution in [0.25, 0.3) is 0 Å². The number of hydrogen-bond acceptors (Lipinski definition) is 1. The summed E-state index contributed by atoms with van der Waals surface area (Å²) in [6.45, 7) is 0.946. The van der Waals surface area contributed by atoms with Crippen molar-refractivity contribution in [2.24, 2.45) is 23.5 Å². The third kappa shape index (κ3) is 0.787. The van der Waals surface area contributed by atoms with Gasteiger partial charge in [0, 0.05) is 0 Å². The molecule has 0 saturated heterocycles. The minimum atomic E-state index is 0.906. The molecule has 2 N–H and O–H groups in total. The Kier molecular flexibility index (Phi) is 1.26. The van der Waals surface area contributed by atoms with Crippen LogP contribution < -0.4 is 5.73 Å². The largest absolute Gasteiger partial charge is 0.330 e. The van der Waals surface area contributed by atoms with E-state index >= 15 is 0 Å². The van der Waals surface area contributed by atoms with Crippen LogP contribution in [0.4, 0.5) is 0 Å². The Hall–Kier alpha value is -0.0400. The zero-order valence-electron chi connectivity index (χ0n) is 5.84.